The summed E-state index contributed by atoms with van der Waals surface area (Å²) in [4.78, 5) is 6.62. The molecule has 2 aromatic heterocycles. The van der Waals surface area contributed by atoms with Crippen molar-refractivity contribution < 1.29 is 21.6 Å². The van der Waals surface area contributed by atoms with Gasteiger partial charge in [0.2, 0.25) is 0 Å². The van der Waals surface area contributed by atoms with Crippen molar-refractivity contribution in [3.63, 3.8) is 0 Å². The number of sulfone groups is 1. The lowest BCUT2D eigenvalue weighted by atomic mass is 10.0. The number of unbranched alkanes of at least 4 members (excludes halogenated alkanes) is 2. The molecule has 31 heavy (non-hydrogen) atoms. The minimum Gasteiger partial charge on any atom is -0.227 e. The Morgan fingerprint density at radius 1 is 1.06 bits per heavy atom. The second kappa shape index (κ2) is 8.91. The number of alkyl halides is 4. The van der Waals surface area contributed by atoms with Crippen LogP contribution >= 0.6 is 11.6 Å². The van der Waals surface area contributed by atoms with Crippen molar-refractivity contribution in [3.8, 4) is 11.3 Å². The zero-order valence-corrected chi connectivity index (χ0v) is 18.0. The van der Waals surface area contributed by atoms with Gasteiger partial charge in [-0.25, -0.2) is 18.4 Å². The number of hydrogen-bond acceptors (Lipinski definition) is 6. The number of benzene rings is 1. The van der Waals surface area contributed by atoms with Gasteiger partial charge in [-0.2, -0.15) is 17.9 Å². The average Bonchev–Trinajstić information content (AvgIpc) is 3.26. The summed E-state index contributed by atoms with van der Waals surface area (Å²) >= 11 is 5.25. The summed E-state index contributed by atoms with van der Waals surface area (Å²) in [6.45, 7) is 2.10. The molecule has 0 radical (unpaired) electrons. The van der Waals surface area contributed by atoms with Crippen LogP contribution in [0.5, 0.6) is 0 Å². The van der Waals surface area contributed by atoms with E-state index in [1.54, 1.807) is 12.1 Å². The molecule has 0 aliphatic carbocycles. The molecule has 1 atom stereocenters. The molecule has 0 saturated heterocycles. The predicted molar refractivity (Wildman–Crippen MR) is 108 cm³/mol. The highest BCUT2D eigenvalue weighted by Gasteiger charge is 2.67. The number of rotatable bonds is 9. The number of hydrogen-bond donors (Lipinski definition) is 0. The molecule has 0 fully saturated rings. The summed E-state index contributed by atoms with van der Waals surface area (Å²) in [5.74, 6) is 0. The molecule has 0 aliphatic heterocycles. The summed E-state index contributed by atoms with van der Waals surface area (Å²) in [6.07, 6.45) is 6.77. The number of halogens is 4. The predicted octanol–water partition coefficient (Wildman–Crippen LogP) is 4.35. The largest absolute Gasteiger partial charge is 0.408 e. The minimum absolute atomic E-state index is 0.000564. The first-order valence-electron chi connectivity index (χ1n) is 9.40. The van der Waals surface area contributed by atoms with Gasteiger partial charge in [0, 0.05) is 18.0 Å². The van der Waals surface area contributed by atoms with E-state index in [-0.39, 0.29) is 10.4 Å². The van der Waals surface area contributed by atoms with E-state index >= 15 is 0 Å². The third kappa shape index (κ3) is 4.42. The maximum atomic E-state index is 14.9. The molecule has 2 heterocycles. The normalized spacial score (nSPS) is 14.4. The van der Waals surface area contributed by atoms with Crippen LogP contribution in [0.4, 0.5) is 13.2 Å². The van der Waals surface area contributed by atoms with Crippen LogP contribution < -0.4 is 0 Å². The molecule has 12 heteroatoms. The van der Waals surface area contributed by atoms with E-state index < -0.39 is 25.5 Å². The van der Waals surface area contributed by atoms with Gasteiger partial charge in [0.25, 0.3) is 15.0 Å². The zero-order chi connectivity index (χ0) is 22.7. The van der Waals surface area contributed by atoms with E-state index in [1.807, 2.05) is 12.1 Å². The topological polar surface area (TPSA) is 90.6 Å². The average molecular weight is 474 g/mol. The summed E-state index contributed by atoms with van der Waals surface area (Å²) < 4.78 is 64.3. The van der Waals surface area contributed by atoms with Crippen molar-refractivity contribution in [1.82, 2.24) is 25.0 Å². The van der Waals surface area contributed by atoms with E-state index in [0.717, 1.165) is 49.8 Å². The molecular weight excluding hydrogens is 455 g/mol. The van der Waals surface area contributed by atoms with Crippen LogP contribution in [0.2, 0.25) is 0 Å². The van der Waals surface area contributed by atoms with Crippen LogP contribution in [0, 0.1) is 0 Å². The van der Waals surface area contributed by atoms with Gasteiger partial charge in [-0.3, -0.25) is 0 Å². The highest BCUT2D eigenvalue weighted by molar-refractivity contribution is 7.93. The molecule has 0 spiro atoms. The lowest BCUT2D eigenvalue weighted by Gasteiger charge is -2.26. The molecule has 0 N–H and O–H groups in total. The Kier molecular flexibility index (Phi) is 6.65. The van der Waals surface area contributed by atoms with Crippen LogP contribution in [0.25, 0.3) is 11.3 Å². The van der Waals surface area contributed by atoms with Gasteiger partial charge in [0.15, 0.2) is 0 Å². The second-order valence-corrected chi connectivity index (χ2v) is 9.47. The van der Waals surface area contributed by atoms with Crippen LogP contribution in [0.15, 0.2) is 54.1 Å². The number of aryl methyl sites for hydroxylation is 1. The van der Waals surface area contributed by atoms with Crippen molar-refractivity contribution in [2.24, 2.45) is 0 Å². The Morgan fingerprint density at radius 3 is 2.32 bits per heavy atom. The van der Waals surface area contributed by atoms with Gasteiger partial charge >= 0.3 is 10.5 Å². The third-order valence-corrected chi connectivity index (χ3v) is 7.02. The van der Waals surface area contributed by atoms with E-state index in [0.29, 0.717) is 5.56 Å². The van der Waals surface area contributed by atoms with E-state index in [1.165, 1.54) is 6.07 Å². The van der Waals surface area contributed by atoms with Crippen LogP contribution in [0.1, 0.15) is 31.7 Å². The molecule has 1 unspecified atom stereocenters. The highest BCUT2D eigenvalue weighted by Crippen LogP contribution is 2.46. The number of aromatic nitrogens is 5. The Balaban J connectivity index is 1.86. The van der Waals surface area contributed by atoms with Crippen molar-refractivity contribution in [3.05, 3.63) is 54.5 Å². The fraction of sp³-hybridized carbons (Fsp3) is 0.368. The molecule has 3 aromatic rings. The molecular formula is C19H19ClF3N5O2S. The first-order chi connectivity index (χ1) is 14.6. The molecule has 0 saturated carbocycles. The SMILES string of the molecule is CCCCCc1ccc(-c2cn(C(F)(F)C(F)(Cl)S(=O)(=O)c3ncccn3)nn2)cc1. The van der Waals surface area contributed by atoms with Crippen molar-refractivity contribution >= 4 is 21.4 Å². The van der Waals surface area contributed by atoms with Crippen LogP contribution in [-0.2, 0) is 22.3 Å². The molecule has 7 nitrogen and oxygen atoms in total. The molecule has 3 rings (SSSR count). The maximum absolute atomic E-state index is 14.9. The molecule has 0 bridgehead atoms. The lowest BCUT2D eigenvalue weighted by molar-refractivity contribution is -0.142. The minimum atomic E-state index is -5.48. The fourth-order valence-corrected chi connectivity index (χ4v) is 4.13. The third-order valence-electron chi connectivity index (χ3n) is 4.57. The Labute approximate surface area is 182 Å². The molecule has 0 aliphatic rings. The van der Waals surface area contributed by atoms with Crippen molar-refractivity contribution in [1.29, 1.82) is 0 Å². The summed E-state index contributed by atoms with van der Waals surface area (Å²) in [5.41, 5.74) is 1.53. The van der Waals surface area contributed by atoms with Crippen LogP contribution in [0.3, 0.4) is 0 Å². The summed E-state index contributed by atoms with van der Waals surface area (Å²) in [6, 6.07) is 3.44. The lowest BCUT2D eigenvalue weighted by Crippen LogP contribution is -2.48. The van der Waals surface area contributed by atoms with E-state index in [9.17, 15) is 21.6 Å². The van der Waals surface area contributed by atoms with E-state index in [4.69, 9.17) is 11.6 Å². The van der Waals surface area contributed by atoms with Gasteiger partial charge in [0.05, 0.1) is 6.20 Å². The second-order valence-electron chi connectivity index (χ2n) is 6.80. The van der Waals surface area contributed by atoms with Gasteiger partial charge < -0.3 is 0 Å². The first kappa shape index (κ1) is 23.1. The monoisotopic (exact) mass is 473 g/mol. The number of nitrogens with zero attached hydrogens (tertiary/aromatic N) is 5. The summed E-state index contributed by atoms with van der Waals surface area (Å²) in [7, 11) is -5.48. The molecule has 166 valence electrons. The van der Waals surface area contributed by atoms with Crippen LogP contribution in [-0.4, -0.2) is 37.8 Å². The molecule has 0 amide bonds. The smallest absolute Gasteiger partial charge is 0.227 e. The Hall–Kier alpha value is -2.53. The fourth-order valence-electron chi connectivity index (χ4n) is 2.79. The quantitative estimate of drug-likeness (QED) is 0.260. The van der Waals surface area contributed by atoms with Crippen molar-refractivity contribution in [2.45, 2.75) is 48.3 Å². The van der Waals surface area contributed by atoms with Crippen molar-refractivity contribution in [2.75, 3.05) is 0 Å². The Morgan fingerprint density at radius 2 is 1.71 bits per heavy atom. The van der Waals surface area contributed by atoms with Gasteiger partial charge in [-0.1, -0.05) is 60.8 Å². The zero-order valence-electron chi connectivity index (χ0n) is 16.4. The van der Waals surface area contributed by atoms with Gasteiger partial charge in [-0.05, 0) is 24.5 Å². The van der Waals surface area contributed by atoms with Gasteiger partial charge in [-0.15, -0.1) is 5.10 Å². The van der Waals surface area contributed by atoms with Gasteiger partial charge in [0.1, 0.15) is 5.69 Å². The first-order valence-corrected chi connectivity index (χ1v) is 11.3. The van der Waals surface area contributed by atoms with E-state index in [2.05, 4.69) is 27.2 Å². The standard InChI is InChI=1S/C19H19ClF3N5O2S/c1-2-3-4-6-14-7-9-15(10-8-14)16-13-28(27-26-16)19(22,23)18(20,21)31(29,30)17-24-11-5-12-25-17/h5,7-13H,2-4,6H2,1H3. The Bertz CT molecular complexity index is 1120. The highest BCUT2D eigenvalue weighted by atomic mass is 35.5. The maximum Gasteiger partial charge on any atom is 0.408 e. The molecule has 1 aromatic carbocycles. The summed E-state index contributed by atoms with van der Waals surface area (Å²) in [5, 5.41) is 5.64.